The zero-order chi connectivity index (χ0) is 18.5. The van der Waals surface area contributed by atoms with Crippen LogP contribution in [-0.2, 0) is 6.42 Å². The van der Waals surface area contributed by atoms with Gasteiger partial charge in [0.05, 0.1) is 11.7 Å². The Balaban J connectivity index is 1.52. The lowest BCUT2D eigenvalue weighted by Crippen LogP contribution is -2.41. The van der Waals surface area contributed by atoms with E-state index >= 15 is 0 Å². The van der Waals surface area contributed by atoms with Crippen LogP contribution in [0.5, 0.6) is 11.5 Å². The summed E-state index contributed by atoms with van der Waals surface area (Å²) in [4.78, 5) is 14.2. The van der Waals surface area contributed by atoms with E-state index in [0.717, 1.165) is 25.7 Å². The number of phenolic OH excluding ortho intramolecular Hbond substituents is 2. The molecular formula is C21H25NO4. The van der Waals surface area contributed by atoms with Gasteiger partial charge < -0.3 is 20.2 Å². The predicted molar refractivity (Wildman–Crippen MR) is 99.2 cm³/mol. The van der Waals surface area contributed by atoms with Crippen molar-refractivity contribution in [2.75, 3.05) is 13.1 Å². The van der Waals surface area contributed by atoms with Crippen LogP contribution in [-0.4, -0.2) is 45.3 Å². The highest BCUT2D eigenvalue weighted by atomic mass is 16.3. The average molecular weight is 355 g/mol. The van der Waals surface area contributed by atoms with Crippen molar-refractivity contribution in [3.8, 4) is 11.5 Å². The molecule has 1 heterocycles. The first-order valence-electron chi connectivity index (χ1n) is 9.08. The number of rotatable bonds is 5. The van der Waals surface area contributed by atoms with E-state index in [-0.39, 0.29) is 35.0 Å². The second-order valence-corrected chi connectivity index (χ2v) is 6.89. The van der Waals surface area contributed by atoms with Gasteiger partial charge in [0.2, 0.25) is 0 Å². The Hall–Kier alpha value is -2.53. The highest BCUT2D eigenvalue weighted by Crippen LogP contribution is 2.31. The normalized spacial score (nSPS) is 16.4. The van der Waals surface area contributed by atoms with Gasteiger partial charge >= 0.3 is 0 Å². The number of benzene rings is 2. The molecule has 1 aliphatic rings. The number of amides is 1. The SMILES string of the molecule is O=C(c1cccc(O)c1O)N1CCC(C(O)CCc2ccccc2)CC1. The van der Waals surface area contributed by atoms with E-state index in [9.17, 15) is 20.1 Å². The van der Waals surface area contributed by atoms with Crippen molar-refractivity contribution in [1.82, 2.24) is 4.90 Å². The number of piperidine rings is 1. The van der Waals surface area contributed by atoms with Gasteiger partial charge in [-0.1, -0.05) is 36.4 Å². The molecule has 3 rings (SSSR count). The Morgan fingerprint density at radius 3 is 2.42 bits per heavy atom. The van der Waals surface area contributed by atoms with E-state index in [2.05, 4.69) is 12.1 Å². The van der Waals surface area contributed by atoms with Crippen LogP contribution >= 0.6 is 0 Å². The molecule has 1 unspecified atom stereocenters. The molecule has 0 saturated carbocycles. The molecule has 5 heteroatoms. The van der Waals surface area contributed by atoms with Gasteiger partial charge in [-0.3, -0.25) is 4.79 Å². The summed E-state index contributed by atoms with van der Waals surface area (Å²) in [7, 11) is 0. The lowest BCUT2D eigenvalue weighted by Gasteiger charge is -2.34. The van der Waals surface area contributed by atoms with Crippen LogP contribution in [0.2, 0.25) is 0 Å². The monoisotopic (exact) mass is 355 g/mol. The Labute approximate surface area is 153 Å². The van der Waals surface area contributed by atoms with Crippen LogP contribution < -0.4 is 0 Å². The summed E-state index contributed by atoms with van der Waals surface area (Å²) in [6, 6.07) is 14.5. The fraction of sp³-hybridized carbons (Fsp3) is 0.381. The fourth-order valence-corrected chi connectivity index (χ4v) is 3.56. The van der Waals surface area contributed by atoms with E-state index < -0.39 is 0 Å². The Morgan fingerprint density at radius 1 is 1.04 bits per heavy atom. The molecule has 1 atom stereocenters. The lowest BCUT2D eigenvalue weighted by atomic mass is 9.88. The lowest BCUT2D eigenvalue weighted by molar-refractivity contribution is 0.0435. The fourth-order valence-electron chi connectivity index (χ4n) is 3.56. The van der Waals surface area contributed by atoms with Crippen molar-refractivity contribution in [3.63, 3.8) is 0 Å². The zero-order valence-electron chi connectivity index (χ0n) is 14.7. The molecule has 138 valence electrons. The van der Waals surface area contributed by atoms with Crippen molar-refractivity contribution in [1.29, 1.82) is 0 Å². The number of aryl methyl sites for hydroxylation is 1. The van der Waals surface area contributed by atoms with Crippen molar-refractivity contribution in [2.45, 2.75) is 31.8 Å². The molecule has 0 spiro atoms. The third-order valence-electron chi connectivity index (χ3n) is 5.19. The number of hydrogen-bond donors (Lipinski definition) is 3. The summed E-state index contributed by atoms with van der Waals surface area (Å²) in [6.45, 7) is 1.09. The number of hydrogen-bond acceptors (Lipinski definition) is 4. The molecular weight excluding hydrogens is 330 g/mol. The van der Waals surface area contributed by atoms with Gasteiger partial charge in [0.15, 0.2) is 11.5 Å². The summed E-state index contributed by atoms with van der Waals surface area (Å²) in [5.41, 5.74) is 1.34. The van der Waals surface area contributed by atoms with Gasteiger partial charge in [0.25, 0.3) is 5.91 Å². The minimum atomic E-state index is -0.373. The van der Waals surface area contributed by atoms with E-state index in [1.165, 1.54) is 17.7 Å². The Morgan fingerprint density at radius 2 is 1.73 bits per heavy atom. The first kappa shape index (κ1) is 18.3. The minimum absolute atomic E-state index is 0.119. The maximum absolute atomic E-state index is 12.6. The molecule has 26 heavy (non-hydrogen) atoms. The van der Waals surface area contributed by atoms with Crippen molar-refractivity contribution < 1.29 is 20.1 Å². The van der Waals surface area contributed by atoms with Crippen molar-refractivity contribution in [2.24, 2.45) is 5.92 Å². The molecule has 5 nitrogen and oxygen atoms in total. The molecule has 2 aromatic rings. The van der Waals surface area contributed by atoms with Gasteiger partial charge in [0.1, 0.15) is 0 Å². The van der Waals surface area contributed by atoms with Gasteiger partial charge in [-0.25, -0.2) is 0 Å². The first-order chi connectivity index (χ1) is 12.6. The van der Waals surface area contributed by atoms with E-state index in [1.807, 2.05) is 18.2 Å². The highest BCUT2D eigenvalue weighted by Gasteiger charge is 2.29. The summed E-state index contributed by atoms with van der Waals surface area (Å²) >= 11 is 0. The number of phenols is 2. The van der Waals surface area contributed by atoms with Gasteiger partial charge in [-0.05, 0) is 49.3 Å². The van der Waals surface area contributed by atoms with E-state index in [0.29, 0.717) is 13.1 Å². The second kappa shape index (κ2) is 8.23. The smallest absolute Gasteiger partial charge is 0.257 e. The average Bonchev–Trinajstić information content (AvgIpc) is 2.68. The quantitative estimate of drug-likeness (QED) is 0.721. The van der Waals surface area contributed by atoms with Crippen LogP contribution in [0.1, 0.15) is 35.2 Å². The number of para-hydroxylation sites is 1. The standard InChI is InChI=1S/C21H25NO4/c23-18(10-9-15-5-2-1-3-6-15)16-11-13-22(14-12-16)21(26)17-7-4-8-19(24)20(17)25/h1-8,16,18,23-25H,9-14H2. The molecule has 0 aliphatic carbocycles. The molecule has 2 aromatic carbocycles. The summed E-state index contributed by atoms with van der Waals surface area (Å²) in [5, 5.41) is 29.9. The molecule has 1 aliphatic heterocycles. The highest BCUT2D eigenvalue weighted by molar-refractivity contribution is 5.97. The topological polar surface area (TPSA) is 81.0 Å². The number of aliphatic hydroxyl groups is 1. The zero-order valence-corrected chi connectivity index (χ0v) is 14.7. The van der Waals surface area contributed by atoms with Gasteiger partial charge in [-0.15, -0.1) is 0 Å². The largest absolute Gasteiger partial charge is 0.504 e. The molecule has 1 saturated heterocycles. The summed E-state index contributed by atoms with van der Waals surface area (Å²) < 4.78 is 0. The van der Waals surface area contributed by atoms with Crippen LogP contribution in [0, 0.1) is 5.92 Å². The summed E-state index contributed by atoms with van der Waals surface area (Å²) in [5.74, 6) is -0.763. The molecule has 0 aromatic heterocycles. The number of carbonyl (C=O) groups is 1. The molecule has 1 fully saturated rings. The van der Waals surface area contributed by atoms with Crippen LogP contribution in [0.15, 0.2) is 48.5 Å². The number of aromatic hydroxyl groups is 2. The van der Waals surface area contributed by atoms with Crippen molar-refractivity contribution in [3.05, 3.63) is 59.7 Å². The molecule has 0 radical (unpaired) electrons. The van der Waals surface area contributed by atoms with E-state index in [4.69, 9.17) is 0 Å². The molecule has 0 bridgehead atoms. The minimum Gasteiger partial charge on any atom is -0.504 e. The maximum atomic E-state index is 12.6. The molecule has 1 amide bonds. The third kappa shape index (κ3) is 4.17. The maximum Gasteiger partial charge on any atom is 0.257 e. The van der Waals surface area contributed by atoms with Crippen LogP contribution in [0.4, 0.5) is 0 Å². The number of nitrogens with zero attached hydrogens (tertiary/aromatic N) is 1. The third-order valence-corrected chi connectivity index (χ3v) is 5.19. The van der Waals surface area contributed by atoms with Crippen molar-refractivity contribution >= 4 is 5.91 Å². The second-order valence-electron chi connectivity index (χ2n) is 6.89. The van der Waals surface area contributed by atoms with Gasteiger partial charge in [0, 0.05) is 13.1 Å². The predicted octanol–water partition coefficient (Wildman–Crippen LogP) is 2.94. The van der Waals surface area contributed by atoms with E-state index in [1.54, 1.807) is 11.0 Å². The van der Waals surface area contributed by atoms with Gasteiger partial charge in [-0.2, -0.15) is 0 Å². The first-order valence-corrected chi connectivity index (χ1v) is 9.08. The Bertz CT molecular complexity index is 739. The Kier molecular flexibility index (Phi) is 5.78. The number of aliphatic hydroxyl groups excluding tert-OH is 1. The number of carbonyl (C=O) groups excluding carboxylic acids is 1. The summed E-state index contributed by atoms with van der Waals surface area (Å²) in [6.07, 6.45) is 2.67. The van der Waals surface area contributed by atoms with Crippen LogP contribution in [0.25, 0.3) is 0 Å². The molecule has 3 N–H and O–H groups in total. The van der Waals surface area contributed by atoms with Crippen LogP contribution in [0.3, 0.4) is 0 Å². The number of likely N-dealkylation sites (tertiary alicyclic amines) is 1.